The van der Waals surface area contributed by atoms with Crippen molar-refractivity contribution in [2.45, 2.75) is 13.1 Å². The number of benzene rings is 3. The molecule has 29 heavy (non-hydrogen) atoms. The molecule has 0 amide bonds. The first-order valence-corrected chi connectivity index (χ1v) is 9.53. The number of hydrogen-bond donors (Lipinski definition) is 0. The number of halogens is 1. The van der Waals surface area contributed by atoms with Gasteiger partial charge < -0.3 is 19.1 Å². The third-order valence-corrected chi connectivity index (χ3v) is 5.12. The molecule has 0 N–H and O–H groups in total. The summed E-state index contributed by atoms with van der Waals surface area (Å²) in [7, 11) is 2.91. The summed E-state index contributed by atoms with van der Waals surface area (Å²) in [5.41, 5.74) is 3.19. The second-order valence-electron chi connectivity index (χ2n) is 6.67. The first-order chi connectivity index (χ1) is 14.1. The largest absolute Gasteiger partial charge is 0.495 e. The zero-order valence-corrected chi connectivity index (χ0v) is 16.9. The van der Waals surface area contributed by atoms with Crippen LogP contribution in [0.15, 0.2) is 60.7 Å². The van der Waals surface area contributed by atoms with Gasteiger partial charge in [-0.3, -0.25) is 0 Å². The predicted octanol–water partition coefficient (Wildman–Crippen LogP) is 5.45. The highest BCUT2D eigenvalue weighted by molar-refractivity contribution is 6.31. The lowest BCUT2D eigenvalue weighted by atomic mass is 10.1. The van der Waals surface area contributed by atoms with Gasteiger partial charge >= 0.3 is 5.97 Å². The maximum absolute atomic E-state index is 12.1. The van der Waals surface area contributed by atoms with Gasteiger partial charge in [0.05, 0.1) is 19.9 Å². The van der Waals surface area contributed by atoms with Crippen LogP contribution in [-0.2, 0) is 17.8 Å². The molecule has 0 unspecified atom stereocenters. The molecular weight excluding hydrogens is 390 g/mol. The summed E-state index contributed by atoms with van der Waals surface area (Å²) in [6.45, 7) is 1.12. The third-order valence-electron chi connectivity index (χ3n) is 4.88. The van der Waals surface area contributed by atoms with Gasteiger partial charge in [0, 0.05) is 29.2 Å². The lowest BCUT2D eigenvalue weighted by Gasteiger charge is -2.25. The van der Waals surface area contributed by atoms with Gasteiger partial charge in [-0.05, 0) is 30.3 Å². The second kappa shape index (κ2) is 8.05. The number of anilines is 1. The van der Waals surface area contributed by atoms with E-state index in [9.17, 15) is 4.79 Å². The van der Waals surface area contributed by atoms with Gasteiger partial charge in [-0.2, -0.15) is 0 Å². The lowest BCUT2D eigenvalue weighted by Crippen LogP contribution is -2.22. The summed E-state index contributed by atoms with van der Waals surface area (Å²) >= 11 is 6.29. The predicted molar refractivity (Wildman–Crippen MR) is 112 cm³/mol. The Hall–Kier alpha value is -3.18. The molecule has 0 saturated heterocycles. The zero-order chi connectivity index (χ0) is 20.4. The van der Waals surface area contributed by atoms with Gasteiger partial charge in [0.25, 0.3) is 0 Å². The fourth-order valence-corrected chi connectivity index (χ4v) is 3.70. The van der Waals surface area contributed by atoms with Crippen LogP contribution in [0.5, 0.6) is 17.2 Å². The smallest absolute Gasteiger partial charge is 0.341 e. The molecule has 0 fully saturated rings. The first kappa shape index (κ1) is 19.2. The summed E-state index contributed by atoms with van der Waals surface area (Å²) in [4.78, 5) is 14.3. The maximum atomic E-state index is 12.1. The minimum atomic E-state index is -0.434. The second-order valence-corrected chi connectivity index (χ2v) is 7.10. The van der Waals surface area contributed by atoms with E-state index in [1.165, 1.54) is 7.11 Å². The van der Waals surface area contributed by atoms with Crippen molar-refractivity contribution in [1.29, 1.82) is 0 Å². The van der Waals surface area contributed by atoms with Crippen molar-refractivity contribution in [3.8, 4) is 17.2 Å². The van der Waals surface area contributed by atoms with Gasteiger partial charge in [-0.15, -0.1) is 0 Å². The number of carbonyl (C=O) groups excluding carboxylic acids is 1. The Bertz CT molecular complexity index is 1070. The highest BCUT2D eigenvalue weighted by atomic mass is 35.5. The van der Waals surface area contributed by atoms with Gasteiger partial charge in [0.1, 0.15) is 17.1 Å². The summed E-state index contributed by atoms with van der Waals surface area (Å²) in [6.07, 6.45) is 0. The summed E-state index contributed by atoms with van der Waals surface area (Å²) in [5, 5.41) is 0.624. The molecule has 0 bridgehead atoms. The molecular formula is C23H20ClNO4. The van der Waals surface area contributed by atoms with Crippen molar-refractivity contribution in [3.63, 3.8) is 0 Å². The SMILES string of the molecule is COC(=O)c1cccc(CN2Cc3ccccc3Oc3ccc(Cl)cc32)c1OC. The molecule has 0 radical (unpaired) electrons. The van der Waals surface area contributed by atoms with Crippen molar-refractivity contribution in [2.24, 2.45) is 0 Å². The van der Waals surface area contributed by atoms with Crippen LogP contribution in [0.25, 0.3) is 0 Å². The maximum Gasteiger partial charge on any atom is 0.341 e. The number of ether oxygens (including phenoxy) is 3. The summed E-state index contributed by atoms with van der Waals surface area (Å²) in [5.74, 6) is 1.61. The number of carbonyl (C=O) groups is 1. The monoisotopic (exact) mass is 409 g/mol. The fraction of sp³-hybridized carbons (Fsp3) is 0.174. The molecule has 4 rings (SSSR count). The Labute approximate surface area is 174 Å². The number of esters is 1. The Balaban J connectivity index is 1.79. The van der Waals surface area contributed by atoms with Crippen LogP contribution in [-0.4, -0.2) is 20.2 Å². The zero-order valence-electron chi connectivity index (χ0n) is 16.1. The van der Waals surface area contributed by atoms with Crippen LogP contribution in [0, 0.1) is 0 Å². The van der Waals surface area contributed by atoms with E-state index in [-0.39, 0.29) is 0 Å². The lowest BCUT2D eigenvalue weighted by molar-refractivity contribution is 0.0597. The van der Waals surface area contributed by atoms with Crippen molar-refractivity contribution in [3.05, 3.63) is 82.4 Å². The molecule has 1 aliphatic rings. The van der Waals surface area contributed by atoms with Crippen molar-refractivity contribution in [1.82, 2.24) is 0 Å². The summed E-state index contributed by atoms with van der Waals surface area (Å²) < 4.78 is 16.6. The van der Waals surface area contributed by atoms with Crippen LogP contribution in [0.1, 0.15) is 21.5 Å². The number of nitrogens with zero attached hydrogens (tertiary/aromatic N) is 1. The average Bonchev–Trinajstić information content (AvgIpc) is 2.89. The minimum absolute atomic E-state index is 0.394. The third kappa shape index (κ3) is 3.74. The van der Waals surface area contributed by atoms with E-state index in [1.54, 1.807) is 13.2 Å². The van der Waals surface area contributed by atoms with E-state index < -0.39 is 5.97 Å². The van der Waals surface area contributed by atoms with E-state index in [0.29, 0.717) is 29.4 Å². The van der Waals surface area contributed by atoms with Gasteiger partial charge in [0.15, 0.2) is 5.75 Å². The van der Waals surface area contributed by atoms with Crippen LogP contribution < -0.4 is 14.4 Å². The highest BCUT2D eigenvalue weighted by Crippen LogP contribution is 2.41. The quantitative estimate of drug-likeness (QED) is 0.536. The van der Waals surface area contributed by atoms with Gasteiger partial charge in [-0.25, -0.2) is 4.79 Å². The van der Waals surface area contributed by atoms with Crippen LogP contribution in [0.3, 0.4) is 0 Å². The Morgan fingerprint density at radius 2 is 1.90 bits per heavy atom. The highest BCUT2D eigenvalue weighted by Gasteiger charge is 2.24. The van der Waals surface area contributed by atoms with Gasteiger partial charge in [0.2, 0.25) is 0 Å². The number of rotatable bonds is 4. The van der Waals surface area contributed by atoms with Crippen molar-refractivity contribution < 1.29 is 19.0 Å². The number of para-hydroxylation sites is 2. The number of methoxy groups -OCH3 is 2. The molecule has 1 aliphatic heterocycles. The van der Waals surface area contributed by atoms with Crippen LogP contribution in [0.4, 0.5) is 5.69 Å². The van der Waals surface area contributed by atoms with Crippen LogP contribution in [0.2, 0.25) is 5.02 Å². The molecule has 0 saturated carbocycles. The minimum Gasteiger partial charge on any atom is -0.495 e. The van der Waals surface area contributed by atoms with Crippen molar-refractivity contribution in [2.75, 3.05) is 19.1 Å². The Kier molecular flexibility index (Phi) is 5.32. The van der Waals surface area contributed by atoms with E-state index >= 15 is 0 Å². The molecule has 6 heteroatoms. The molecule has 3 aromatic rings. The molecule has 148 valence electrons. The average molecular weight is 410 g/mol. The van der Waals surface area contributed by atoms with E-state index in [2.05, 4.69) is 4.90 Å². The topological polar surface area (TPSA) is 48.0 Å². The van der Waals surface area contributed by atoms with Gasteiger partial charge in [-0.1, -0.05) is 41.9 Å². The van der Waals surface area contributed by atoms with E-state index in [0.717, 1.165) is 28.3 Å². The van der Waals surface area contributed by atoms with Crippen LogP contribution >= 0.6 is 11.6 Å². The standard InChI is InChI=1S/C23H20ClNO4/c1-27-22-16(7-5-8-18(22)23(26)28-2)14-25-13-15-6-3-4-9-20(15)29-21-11-10-17(24)12-19(21)25/h3-12H,13-14H2,1-2H3. The number of fused-ring (bicyclic) bond motifs is 2. The fourth-order valence-electron chi connectivity index (χ4n) is 3.54. The Morgan fingerprint density at radius 1 is 1.07 bits per heavy atom. The normalized spacial score (nSPS) is 12.3. The molecule has 0 spiro atoms. The first-order valence-electron chi connectivity index (χ1n) is 9.15. The molecule has 5 nitrogen and oxygen atoms in total. The summed E-state index contributed by atoms with van der Waals surface area (Å²) in [6, 6.07) is 19.0. The molecule has 3 aromatic carbocycles. The molecule has 0 aliphatic carbocycles. The molecule has 0 atom stereocenters. The Morgan fingerprint density at radius 3 is 2.69 bits per heavy atom. The van der Waals surface area contributed by atoms with E-state index in [4.69, 9.17) is 25.8 Å². The van der Waals surface area contributed by atoms with E-state index in [1.807, 2.05) is 54.6 Å². The number of hydrogen-bond acceptors (Lipinski definition) is 5. The molecule has 0 aromatic heterocycles. The molecule has 1 heterocycles. The van der Waals surface area contributed by atoms with Crippen molar-refractivity contribution >= 4 is 23.3 Å².